The lowest BCUT2D eigenvalue weighted by atomic mass is 10.0. The topological polar surface area (TPSA) is 102 Å². The number of nitrogens with zero attached hydrogens (tertiary/aromatic N) is 1. The predicted octanol–water partition coefficient (Wildman–Crippen LogP) is 12.5. The molecule has 0 radical (unpaired) electrons. The van der Waals surface area contributed by atoms with Gasteiger partial charge in [0.1, 0.15) is 12.6 Å². The van der Waals surface area contributed by atoms with Crippen LogP contribution in [0.15, 0.2) is 36.5 Å². The molecule has 0 saturated heterocycles. The third-order valence-corrected chi connectivity index (χ3v) is 11.1. The Labute approximate surface area is 364 Å². The maximum atomic E-state index is 12.7. The maximum Gasteiger partial charge on any atom is 0.306 e. The fourth-order valence-electron chi connectivity index (χ4n) is 7.31. The molecule has 2 unspecified atom stereocenters. The quantitative estimate of drug-likeness (QED) is 0.0261. The van der Waals surface area contributed by atoms with E-state index in [2.05, 4.69) is 44.2 Å². The molecule has 0 aliphatic rings. The minimum absolute atomic E-state index is 0.0347. The van der Waals surface area contributed by atoms with Gasteiger partial charge in [0, 0.05) is 19.3 Å². The summed E-state index contributed by atoms with van der Waals surface area (Å²) in [6.45, 7) is 4.53. The number of aliphatic carboxylic acids is 1. The number of esters is 2. The molecule has 0 amide bonds. The highest BCUT2D eigenvalue weighted by atomic mass is 16.6. The van der Waals surface area contributed by atoms with Gasteiger partial charge in [0.2, 0.25) is 0 Å². The van der Waals surface area contributed by atoms with Crippen molar-refractivity contribution in [2.45, 2.75) is 231 Å². The van der Waals surface area contributed by atoms with Crippen molar-refractivity contribution >= 4 is 17.9 Å². The number of rotatable bonds is 44. The predicted molar refractivity (Wildman–Crippen MR) is 245 cm³/mol. The van der Waals surface area contributed by atoms with Crippen LogP contribution in [0, 0.1) is 0 Å². The highest BCUT2D eigenvalue weighted by Gasteiger charge is 2.25. The van der Waals surface area contributed by atoms with Gasteiger partial charge in [-0.3, -0.25) is 9.59 Å². The van der Waals surface area contributed by atoms with E-state index in [0.29, 0.717) is 12.8 Å². The van der Waals surface area contributed by atoms with Crippen LogP contribution in [-0.4, -0.2) is 75.5 Å². The number of hydrogen-bond donors (Lipinski definition) is 0. The number of carboxylic acid groups (broad SMARTS) is 1. The Kier molecular flexibility index (Phi) is 40.5. The standard InChI is InChI=1S/C51H93NO7/c1-6-8-10-12-14-16-18-20-21-22-23-24-25-26-27-28-30-31-33-35-37-39-41-49(53)58-46-47(45-57-44-43-48(51(55)56)52(3,4)5)59-50(54)42-40-38-36-34-32-29-19-17-15-13-11-9-7-2/h9,11,13,15,17,19,47-48H,6-8,10,12,14,16,18,20-46H2,1-5H3/b11-9+,15-13+,19-17+. The summed E-state index contributed by atoms with van der Waals surface area (Å²) in [5.74, 6) is -1.75. The van der Waals surface area contributed by atoms with Crippen LogP contribution in [-0.2, 0) is 28.6 Å². The van der Waals surface area contributed by atoms with Crippen LogP contribution in [0.25, 0.3) is 0 Å². The number of carbonyl (C=O) groups excluding carboxylic acids is 3. The monoisotopic (exact) mass is 832 g/mol. The highest BCUT2D eigenvalue weighted by molar-refractivity contribution is 5.70. The maximum absolute atomic E-state index is 12.7. The zero-order valence-corrected chi connectivity index (χ0v) is 39.2. The molecule has 0 heterocycles. The molecule has 0 aromatic heterocycles. The molecule has 8 nitrogen and oxygen atoms in total. The average Bonchev–Trinajstić information content (AvgIpc) is 3.19. The van der Waals surface area contributed by atoms with Crippen molar-refractivity contribution in [3.8, 4) is 0 Å². The zero-order chi connectivity index (χ0) is 43.5. The van der Waals surface area contributed by atoms with Gasteiger partial charge in [-0.25, -0.2) is 0 Å². The Morgan fingerprint density at radius 1 is 0.525 bits per heavy atom. The van der Waals surface area contributed by atoms with Crippen LogP contribution in [0.2, 0.25) is 0 Å². The molecule has 0 spiro atoms. The zero-order valence-electron chi connectivity index (χ0n) is 39.2. The fourth-order valence-corrected chi connectivity index (χ4v) is 7.31. The number of carboxylic acids is 1. The minimum Gasteiger partial charge on any atom is -0.544 e. The van der Waals surface area contributed by atoms with E-state index in [1.165, 1.54) is 122 Å². The molecule has 0 aromatic rings. The van der Waals surface area contributed by atoms with E-state index in [9.17, 15) is 19.5 Å². The van der Waals surface area contributed by atoms with Gasteiger partial charge in [-0.2, -0.15) is 0 Å². The van der Waals surface area contributed by atoms with Gasteiger partial charge in [0.25, 0.3) is 0 Å². The van der Waals surface area contributed by atoms with Crippen LogP contribution >= 0.6 is 0 Å². The van der Waals surface area contributed by atoms with Gasteiger partial charge in [-0.05, 0) is 32.1 Å². The van der Waals surface area contributed by atoms with Crippen molar-refractivity contribution in [2.75, 3.05) is 41.0 Å². The van der Waals surface area contributed by atoms with Crippen LogP contribution in [0.5, 0.6) is 0 Å². The van der Waals surface area contributed by atoms with Crippen molar-refractivity contribution < 1.29 is 38.2 Å². The summed E-state index contributed by atoms with van der Waals surface area (Å²) in [6, 6.07) is -0.728. The van der Waals surface area contributed by atoms with Gasteiger partial charge < -0.3 is 28.6 Å². The lowest BCUT2D eigenvalue weighted by Gasteiger charge is -2.34. The second-order valence-corrected chi connectivity index (χ2v) is 17.7. The molecule has 0 rings (SSSR count). The van der Waals surface area contributed by atoms with E-state index in [1.807, 2.05) is 6.08 Å². The first kappa shape index (κ1) is 56.5. The fraction of sp³-hybridized carbons (Fsp3) is 0.824. The SMILES string of the molecule is CC/C=C/C=C/C=C/CCCCCCCC(=O)OC(COCCC(C(=O)[O-])[N+](C)(C)C)COC(=O)CCCCCCCCCCCCCCCCCCCCCCCC. The molecule has 8 heteroatoms. The first-order valence-corrected chi connectivity index (χ1v) is 24.5. The number of likely N-dealkylation sites (N-methyl/N-ethyl adjacent to an activating group) is 1. The van der Waals surface area contributed by atoms with E-state index in [1.54, 1.807) is 21.1 Å². The Bertz CT molecular complexity index is 1060. The lowest BCUT2D eigenvalue weighted by molar-refractivity contribution is -0.889. The first-order chi connectivity index (χ1) is 28.6. The molecule has 0 aliphatic carbocycles. The van der Waals surface area contributed by atoms with Crippen molar-refractivity contribution in [1.82, 2.24) is 0 Å². The molecule has 2 atom stereocenters. The minimum atomic E-state index is -1.13. The molecule has 0 fully saturated rings. The number of quaternary nitrogens is 1. The van der Waals surface area contributed by atoms with Gasteiger partial charge in [-0.15, -0.1) is 0 Å². The summed E-state index contributed by atoms with van der Waals surface area (Å²) in [5, 5.41) is 11.6. The Morgan fingerprint density at radius 2 is 0.949 bits per heavy atom. The molecule has 0 aromatic carbocycles. The summed E-state index contributed by atoms with van der Waals surface area (Å²) in [4.78, 5) is 36.9. The molecule has 0 N–H and O–H groups in total. The van der Waals surface area contributed by atoms with Gasteiger partial charge >= 0.3 is 11.9 Å². The van der Waals surface area contributed by atoms with E-state index in [4.69, 9.17) is 14.2 Å². The summed E-state index contributed by atoms with van der Waals surface area (Å²) < 4.78 is 17.2. The summed E-state index contributed by atoms with van der Waals surface area (Å²) in [7, 11) is 5.40. The average molecular weight is 832 g/mol. The molecule has 0 bridgehead atoms. The van der Waals surface area contributed by atoms with E-state index in [0.717, 1.165) is 64.2 Å². The van der Waals surface area contributed by atoms with Crippen molar-refractivity contribution in [3.05, 3.63) is 36.5 Å². The van der Waals surface area contributed by atoms with Crippen LogP contribution in [0.4, 0.5) is 0 Å². The van der Waals surface area contributed by atoms with Crippen molar-refractivity contribution in [2.24, 2.45) is 0 Å². The number of hydrogen-bond acceptors (Lipinski definition) is 7. The molecule has 344 valence electrons. The Morgan fingerprint density at radius 3 is 1.39 bits per heavy atom. The van der Waals surface area contributed by atoms with Gasteiger partial charge in [0.15, 0.2) is 6.10 Å². The Balaban J connectivity index is 4.18. The van der Waals surface area contributed by atoms with Crippen LogP contribution in [0.3, 0.4) is 0 Å². The summed E-state index contributed by atoms with van der Waals surface area (Å²) in [6.07, 6.45) is 49.0. The lowest BCUT2D eigenvalue weighted by Crippen LogP contribution is -2.55. The third kappa shape index (κ3) is 40.7. The second-order valence-electron chi connectivity index (χ2n) is 17.7. The van der Waals surface area contributed by atoms with Crippen molar-refractivity contribution in [3.63, 3.8) is 0 Å². The summed E-state index contributed by atoms with van der Waals surface area (Å²) in [5.41, 5.74) is 0. The molecular formula is C51H93NO7. The number of carbonyl (C=O) groups is 3. The normalized spacial score (nSPS) is 13.2. The highest BCUT2D eigenvalue weighted by Crippen LogP contribution is 2.16. The van der Waals surface area contributed by atoms with Gasteiger partial charge in [0.05, 0.1) is 40.3 Å². The third-order valence-electron chi connectivity index (χ3n) is 11.1. The van der Waals surface area contributed by atoms with Crippen LogP contribution < -0.4 is 5.11 Å². The smallest absolute Gasteiger partial charge is 0.306 e. The number of allylic oxidation sites excluding steroid dienone is 6. The van der Waals surface area contributed by atoms with E-state index < -0.39 is 18.1 Å². The molecular weight excluding hydrogens is 739 g/mol. The molecule has 0 saturated carbocycles. The largest absolute Gasteiger partial charge is 0.544 e. The van der Waals surface area contributed by atoms with Crippen LogP contribution in [0.1, 0.15) is 219 Å². The van der Waals surface area contributed by atoms with E-state index >= 15 is 0 Å². The number of unbranched alkanes of at least 4 members (excludes halogenated alkanes) is 26. The van der Waals surface area contributed by atoms with Crippen molar-refractivity contribution in [1.29, 1.82) is 0 Å². The summed E-state index contributed by atoms with van der Waals surface area (Å²) >= 11 is 0. The second kappa shape index (κ2) is 42.2. The molecule has 59 heavy (non-hydrogen) atoms. The van der Waals surface area contributed by atoms with E-state index in [-0.39, 0.29) is 42.7 Å². The Hall–Kier alpha value is -2.45. The number of ether oxygens (including phenoxy) is 3. The first-order valence-electron chi connectivity index (χ1n) is 24.5. The molecule has 0 aliphatic heterocycles. The van der Waals surface area contributed by atoms with Gasteiger partial charge in [-0.1, -0.05) is 204 Å².